The van der Waals surface area contributed by atoms with E-state index in [1.165, 1.54) is 48.0 Å². The summed E-state index contributed by atoms with van der Waals surface area (Å²) in [5, 5.41) is 0. The summed E-state index contributed by atoms with van der Waals surface area (Å²) in [5.74, 6) is 2.49. The first-order chi connectivity index (χ1) is 16.4. The van der Waals surface area contributed by atoms with Gasteiger partial charge in [-0.2, -0.15) is 0 Å². The third kappa shape index (κ3) is 3.19. The van der Waals surface area contributed by atoms with Crippen LogP contribution in [-0.2, 0) is 9.53 Å². The van der Waals surface area contributed by atoms with Crippen molar-refractivity contribution in [2.45, 2.75) is 90.6 Å². The third-order valence-electron chi connectivity index (χ3n) is 10.2. The van der Waals surface area contributed by atoms with E-state index in [1.54, 1.807) is 12.5 Å². The Labute approximate surface area is 204 Å². The van der Waals surface area contributed by atoms with Crippen molar-refractivity contribution in [2.24, 2.45) is 23.2 Å². The molecular weight excluding hydrogens is 420 g/mol. The van der Waals surface area contributed by atoms with E-state index >= 15 is 0 Å². The zero-order valence-corrected chi connectivity index (χ0v) is 21.0. The van der Waals surface area contributed by atoms with Crippen LogP contribution in [0.3, 0.4) is 0 Å². The molecule has 2 fully saturated rings. The van der Waals surface area contributed by atoms with Crippen LogP contribution in [0.25, 0.3) is 5.57 Å². The Hall–Kier alpha value is -2.00. The number of carbonyl (C=O) groups is 2. The van der Waals surface area contributed by atoms with E-state index in [1.807, 2.05) is 12.1 Å². The summed E-state index contributed by atoms with van der Waals surface area (Å²) in [6, 6.07) is 8.34. The number of benzene rings is 1. The lowest BCUT2D eigenvalue weighted by atomic mass is 9.54. The van der Waals surface area contributed by atoms with Crippen molar-refractivity contribution < 1.29 is 14.3 Å². The van der Waals surface area contributed by atoms with Gasteiger partial charge in [-0.3, -0.25) is 9.59 Å². The van der Waals surface area contributed by atoms with Crippen LogP contribution in [0.2, 0.25) is 0 Å². The van der Waals surface area contributed by atoms with Gasteiger partial charge in [0, 0.05) is 30.4 Å². The highest BCUT2D eigenvalue weighted by Crippen LogP contribution is 2.76. The molecule has 0 amide bonds. The second-order valence-corrected chi connectivity index (χ2v) is 11.9. The summed E-state index contributed by atoms with van der Waals surface area (Å²) < 4.78 is 6.79. The van der Waals surface area contributed by atoms with E-state index < -0.39 is 0 Å². The maximum Gasteiger partial charge on any atom is 0.159 e. The maximum absolute atomic E-state index is 12.3. The van der Waals surface area contributed by atoms with Crippen molar-refractivity contribution >= 4 is 17.1 Å². The number of ether oxygens (including phenoxy) is 1. The number of rotatable bonds is 6. The van der Waals surface area contributed by atoms with Gasteiger partial charge in [0.1, 0.15) is 5.78 Å². The Bertz CT molecular complexity index is 1110. The Kier molecular flexibility index (Phi) is 5.30. The van der Waals surface area contributed by atoms with Crippen LogP contribution in [0.1, 0.15) is 101 Å². The van der Waals surface area contributed by atoms with E-state index in [9.17, 15) is 9.59 Å². The van der Waals surface area contributed by atoms with Gasteiger partial charge in [0.2, 0.25) is 0 Å². The summed E-state index contributed by atoms with van der Waals surface area (Å²) in [4.78, 5) is 24.2. The number of hydrogen-bond acceptors (Lipinski definition) is 3. The SMILES string of the molecule is CCCCOC12C[C@@H]1C[C@H]1[C@@H]3CCC4=C(CCC(=O)C4)C3=C(c3ccc(C(C)=O)cc3)C[C@@]12C. The van der Waals surface area contributed by atoms with Crippen LogP contribution in [0.5, 0.6) is 0 Å². The van der Waals surface area contributed by atoms with E-state index in [2.05, 4.69) is 26.0 Å². The molecule has 3 heteroatoms. The molecule has 34 heavy (non-hydrogen) atoms. The highest BCUT2D eigenvalue weighted by Gasteiger charge is 2.75. The molecule has 5 aliphatic carbocycles. The highest BCUT2D eigenvalue weighted by atomic mass is 16.5. The molecule has 0 heterocycles. The standard InChI is InChI=1S/C31H38O3/c1-4-5-14-34-31-17-23(31)16-28-26-12-10-22-15-24(33)11-13-25(22)29(26)27(18-30(28,31)3)21-8-6-20(7-9-21)19(2)32/h6-9,23,26,28H,4-5,10-18H2,1-3H3/t23-,26-,28-,30-,31?/m0/s1. The molecule has 5 aliphatic rings. The number of unbranched alkanes of at least 4 members (excludes halogenated alkanes) is 1. The molecule has 1 aromatic carbocycles. The molecule has 0 aromatic heterocycles. The fraction of sp³-hybridized carbons (Fsp3) is 0.613. The van der Waals surface area contributed by atoms with Gasteiger partial charge in [-0.25, -0.2) is 0 Å². The van der Waals surface area contributed by atoms with Crippen LogP contribution in [-0.4, -0.2) is 23.8 Å². The molecule has 180 valence electrons. The maximum atomic E-state index is 12.3. The number of ketones is 2. The summed E-state index contributed by atoms with van der Waals surface area (Å²) in [6.07, 6.45) is 10.4. The summed E-state index contributed by atoms with van der Waals surface area (Å²) >= 11 is 0. The molecule has 0 radical (unpaired) electrons. The van der Waals surface area contributed by atoms with Crippen molar-refractivity contribution in [3.8, 4) is 0 Å². The second kappa shape index (κ2) is 8.01. The number of Topliss-reactive ketones (excluding diaryl/α,β-unsaturated/α-hetero) is 2. The average Bonchev–Trinajstić information content (AvgIpc) is 3.48. The summed E-state index contributed by atoms with van der Waals surface area (Å²) in [7, 11) is 0. The fourth-order valence-electron chi connectivity index (χ4n) is 8.36. The zero-order valence-electron chi connectivity index (χ0n) is 21.0. The van der Waals surface area contributed by atoms with Crippen LogP contribution in [0.4, 0.5) is 0 Å². The van der Waals surface area contributed by atoms with Gasteiger partial charge in [0.25, 0.3) is 0 Å². The second-order valence-electron chi connectivity index (χ2n) is 11.9. The van der Waals surface area contributed by atoms with Crippen molar-refractivity contribution in [2.75, 3.05) is 6.61 Å². The van der Waals surface area contributed by atoms with Crippen molar-refractivity contribution in [3.63, 3.8) is 0 Å². The minimum Gasteiger partial charge on any atom is -0.374 e. The molecule has 0 spiro atoms. The van der Waals surface area contributed by atoms with Gasteiger partial charge in [0.05, 0.1) is 5.60 Å². The molecule has 1 unspecified atom stereocenters. The minimum absolute atomic E-state index is 0.0557. The van der Waals surface area contributed by atoms with E-state index in [-0.39, 0.29) is 16.8 Å². The minimum atomic E-state index is 0.0557. The van der Waals surface area contributed by atoms with E-state index in [4.69, 9.17) is 4.74 Å². The normalized spacial score (nSPS) is 36.1. The van der Waals surface area contributed by atoms with Crippen LogP contribution >= 0.6 is 0 Å². The third-order valence-corrected chi connectivity index (χ3v) is 10.2. The monoisotopic (exact) mass is 458 g/mol. The molecule has 6 rings (SSSR count). The lowest BCUT2D eigenvalue weighted by Gasteiger charge is -2.51. The molecule has 0 aliphatic heterocycles. The molecule has 3 nitrogen and oxygen atoms in total. The predicted octanol–water partition coefficient (Wildman–Crippen LogP) is 7.11. The first kappa shape index (κ1) is 22.5. The van der Waals surface area contributed by atoms with Gasteiger partial charge in [-0.15, -0.1) is 0 Å². The summed E-state index contributed by atoms with van der Waals surface area (Å²) in [6.45, 7) is 7.30. The molecule has 0 saturated heterocycles. The van der Waals surface area contributed by atoms with E-state index in [0.717, 1.165) is 37.9 Å². The van der Waals surface area contributed by atoms with Crippen molar-refractivity contribution in [3.05, 3.63) is 52.1 Å². The molecule has 1 aromatic rings. The van der Waals surface area contributed by atoms with Crippen LogP contribution < -0.4 is 0 Å². The average molecular weight is 459 g/mol. The van der Waals surface area contributed by atoms with E-state index in [0.29, 0.717) is 36.4 Å². The van der Waals surface area contributed by atoms with Crippen LogP contribution in [0, 0.1) is 23.2 Å². The van der Waals surface area contributed by atoms with Gasteiger partial charge in [0.15, 0.2) is 5.78 Å². The molecule has 0 N–H and O–H groups in total. The lowest BCUT2D eigenvalue weighted by molar-refractivity contribution is -0.118. The number of allylic oxidation sites excluding steroid dienone is 4. The van der Waals surface area contributed by atoms with Gasteiger partial charge in [-0.05, 0) is 91.9 Å². The van der Waals surface area contributed by atoms with Gasteiger partial charge >= 0.3 is 0 Å². The fourth-order valence-corrected chi connectivity index (χ4v) is 8.36. The zero-order chi connectivity index (χ0) is 23.7. The number of hydrogen-bond donors (Lipinski definition) is 0. The quantitative estimate of drug-likeness (QED) is 0.337. The Balaban J connectivity index is 1.47. The lowest BCUT2D eigenvalue weighted by Crippen LogP contribution is -2.46. The van der Waals surface area contributed by atoms with Crippen molar-refractivity contribution in [1.82, 2.24) is 0 Å². The van der Waals surface area contributed by atoms with Crippen molar-refractivity contribution in [1.29, 1.82) is 0 Å². The Morgan fingerprint density at radius 1 is 1.12 bits per heavy atom. The Morgan fingerprint density at radius 3 is 2.65 bits per heavy atom. The first-order valence-corrected chi connectivity index (χ1v) is 13.6. The largest absolute Gasteiger partial charge is 0.374 e. The molecule has 2 saturated carbocycles. The molecule has 5 atom stereocenters. The number of carbonyl (C=O) groups excluding carboxylic acids is 2. The van der Waals surface area contributed by atoms with Crippen LogP contribution in [0.15, 0.2) is 41.0 Å². The topological polar surface area (TPSA) is 43.4 Å². The Morgan fingerprint density at radius 2 is 1.91 bits per heavy atom. The smallest absolute Gasteiger partial charge is 0.159 e. The number of fused-ring (bicyclic) bond motifs is 6. The van der Waals surface area contributed by atoms with Gasteiger partial charge in [-0.1, -0.05) is 50.1 Å². The first-order valence-electron chi connectivity index (χ1n) is 13.6. The predicted molar refractivity (Wildman–Crippen MR) is 135 cm³/mol. The summed E-state index contributed by atoms with van der Waals surface area (Å²) in [5.41, 5.74) is 8.26. The molecule has 0 bridgehead atoms. The van der Waals surface area contributed by atoms with Gasteiger partial charge < -0.3 is 4.74 Å². The molecular formula is C31H38O3. The highest BCUT2D eigenvalue weighted by molar-refractivity contribution is 5.94.